The van der Waals surface area contributed by atoms with Crippen LogP contribution in [-0.2, 0) is 65.4 Å². The fourth-order valence-electron chi connectivity index (χ4n) is 12.8. The number of carbonyl (C=O) groups excluding carboxylic acids is 4. The minimum atomic E-state index is -4.96. The van der Waals surface area contributed by atoms with Crippen molar-refractivity contribution in [3.05, 3.63) is 0 Å². The highest BCUT2D eigenvalue weighted by Crippen LogP contribution is 2.45. The van der Waals surface area contributed by atoms with E-state index in [2.05, 4.69) is 34.6 Å². The first-order chi connectivity index (χ1) is 49.0. The van der Waals surface area contributed by atoms with Gasteiger partial charge in [0.25, 0.3) is 0 Å². The zero-order chi connectivity index (χ0) is 74.1. The number of phosphoric ester groups is 2. The summed E-state index contributed by atoms with van der Waals surface area (Å²) in [5, 5.41) is 10.6. The van der Waals surface area contributed by atoms with E-state index in [1.54, 1.807) is 0 Å². The molecule has 0 aliphatic carbocycles. The summed E-state index contributed by atoms with van der Waals surface area (Å²) in [5.74, 6) is -1.30. The molecular weight excluding hydrogens is 1320 g/mol. The topological polar surface area (TPSA) is 237 Å². The first-order valence-corrected chi connectivity index (χ1v) is 45.6. The number of ether oxygens (including phenoxy) is 4. The lowest BCUT2D eigenvalue weighted by molar-refractivity contribution is -0.161. The normalized spacial score (nSPS) is 13.8. The number of rotatable bonds is 82. The Labute approximate surface area is 619 Å². The van der Waals surface area contributed by atoms with Crippen LogP contribution in [0.4, 0.5) is 0 Å². The van der Waals surface area contributed by atoms with Crippen molar-refractivity contribution in [3.63, 3.8) is 0 Å². The maximum Gasteiger partial charge on any atom is 0.472 e. The highest BCUT2D eigenvalue weighted by molar-refractivity contribution is 7.47. The van der Waals surface area contributed by atoms with Crippen molar-refractivity contribution >= 4 is 39.5 Å². The predicted molar refractivity (Wildman–Crippen MR) is 414 cm³/mol. The van der Waals surface area contributed by atoms with Gasteiger partial charge in [0.15, 0.2) is 12.2 Å². The van der Waals surface area contributed by atoms with Gasteiger partial charge < -0.3 is 33.8 Å². The van der Waals surface area contributed by atoms with Gasteiger partial charge in [-0.15, -0.1) is 0 Å². The van der Waals surface area contributed by atoms with Crippen LogP contribution >= 0.6 is 15.6 Å². The van der Waals surface area contributed by atoms with E-state index >= 15 is 0 Å². The molecule has 0 amide bonds. The molecule has 0 aliphatic rings. The van der Waals surface area contributed by atoms with E-state index in [1.165, 1.54) is 263 Å². The van der Waals surface area contributed by atoms with Crippen LogP contribution in [0.2, 0.25) is 0 Å². The molecule has 101 heavy (non-hydrogen) atoms. The van der Waals surface area contributed by atoms with Gasteiger partial charge in [-0.1, -0.05) is 388 Å². The Morgan fingerprint density at radius 2 is 0.455 bits per heavy atom. The lowest BCUT2D eigenvalue weighted by atomic mass is 10.0. The van der Waals surface area contributed by atoms with E-state index in [9.17, 15) is 43.2 Å². The molecule has 19 heteroatoms. The Morgan fingerprint density at radius 1 is 0.267 bits per heavy atom. The molecule has 0 saturated carbocycles. The van der Waals surface area contributed by atoms with Crippen molar-refractivity contribution in [2.45, 2.75) is 457 Å². The summed E-state index contributed by atoms with van der Waals surface area (Å²) in [6.45, 7) is 7.36. The first-order valence-electron chi connectivity index (χ1n) is 42.6. The Morgan fingerprint density at radius 3 is 0.673 bits per heavy atom. The second-order valence-corrected chi connectivity index (χ2v) is 32.9. The number of hydrogen-bond acceptors (Lipinski definition) is 15. The molecule has 0 fully saturated rings. The Kier molecular flexibility index (Phi) is 73.5. The quantitative estimate of drug-likeness (QED) is 0.0222. The molecular formula is C82H160O17P2. The van der Waals surface area contributed by atoms with Crippen LogP contribution in [-0.4, -0.2) is 96.7 Å². The van der Waals surface area contributed by atoms with Gasteiger partial charge in [0.05, 0.1) is 26.4 Å². The van der Waals surface area contributed by atoms with Crippen LogP contribution in [0.25, 0.3) is 0 Å². The predicted octanol–water partition coefficient (Wildman–Crippen LogP) is 24.8. The third-order valence-corrected chi connectivity index (χ3v) is 21.2. The van der Waals surface area contributed by atoms with Gasteiger partial charge in [0, 0.05) is 25.7 Å². The van der Waals surface area contributed by atoms with E-state index in [4.69, 9.17) is 37.0 Å². The fraction of sp³-hybridized carbons (Fsp3) is 0.951. The second-order valence-electron chi connectivity index (χ2n) is 30.0. The van der Waals surface area contributed by atoms with Gasteiger partial charge in [-0.25, -0.2) is 9.13 Å². The molecule has 0 bridgehead atoms. The number of phosphoric acid groups is 2. The van der Waals surface area contributed by atoms with Crippen LogP contribution in [0.1, 0.15) is 439 Å². The maximum atomic E-state index is 13.1. The molecule has 3 N–H and O–H groups in total. The monoisotopic (exact) mass is 1480 g/mol. The minimum Gasteiger partial charge on any atom is -0.462 e. The lowest BCUT2D eigenvalue weighted by Gasteiger charge is -2.21. The molecule has 0 heterocycles. The highest BCUT2D eigenvalue weighted by atomic mass is 31.2. The van der Waals surface area contributed by atoms with E-state index in [1.807, 2.05) is 0 Å². The molecule has 0 aromatic carbocycles. The minimum absolute atomic E-state index is 0.108. The van der Waals surface area contributed by atoms with Crippen molar-refractivity contribution in [1.29, 1.82) is 0 Å². The standard InChI is InChI=1S/C82H160O17P2/c1-6-9-12-15-18-21-23-25-27-28-29-30-34-38-41-46-51-56-61-66-80(85)93-72-78(99-82(87)68-63-58-53-48-43-39-35-32-31-33-36-40-45-49-54-59-64-75(4)5)74-97-101(90,91)95-70-76(83)69-94-100(88,89)96-73-77(71-92-79(84)65-60-55-50-44-20-17-14-11-8-3)98-81(86)67-62-57-52-47-42-37-26-24-22-19-16-13-10-7-2/h75-78,83H,6-74H2,1-5H3,(H,88,89)(H,90,91)/t76-,77+,78+/m0/s1. The lowest BCUT2D eigenvalue weighted by Crippen LogP contribution is -2.30. The first kappa shape index (κ1) is 99.1. The smallest absolute Gasteiger partial charge is 0.462 e. The summed E-state index contributed by atoms with van der Waals surface area (Å²) in [5.41, 5.74) is 0. The van der Waals surface area contributed by atoms with Crippen molar-refractivity contribution in [2.24, 2.45) is 5.92 Å². The largest absolute Gasteiger partial charge is 0.472 e. The molecule has 0 aromatic heterocycles. The van der Waals surface area contributed by atoms with Crippen molar-refractivity contribution in [1.82, 2.24) is 0 Å². The molecule has 0 saturated heterocycles. The number of hydrogen-bond donors (Lipinski definition) is 3. The number of esters is 4. The molecule has 600 valence electrons. The van der Waals surface area contributed by atoms with Crippen LogP contribution in [0, 0.1) is 5.92 Å². The average molecular weight is 1480 g/mol. The molecule has 0 radical (unpaired) electrons. The summed E-state index contributed by atoms with van der Waals surface area (Å²) < 4.78 is 68.7. The SMILES string of the molecule is CCCCCCCCCCCCCCCCCCCCCC(=O)OC[C@H](COP(=O)(O)OC[C@@H](O)COP(=O)(O)OC[C@@H](COC(=O)CCCCCCCCCCC)OC(=O)CCCCCCCCCCCCCCCC)OC(=O)CCCCCCCCCCCCCCCCCCC(C)C. The van der Waals surface area contributed by atoms with Crippen LogP contribution in [0.15, 0.2) is 0 Å². The molecule has 0 aliphatic heterocycles. The van der Waals surface area contributed by atoms with Crippen LogP contribution in [0.5, 0.6) is 0 Å². The Bertz CT molecular complexity index is 1930. The van der Waals surface area contributed by atoms with Crippen molar-refractivity contribution in [2.75, 3.05) is 39.6 Å². The van der Waals surface area contributed by atoms with E-state index < -0.39 is 97.5 Å². The van der Waals surface area contributed by atoms with E-state index in [0.717, 1.165) is 95.8 Å². The van der Waals surface area contributed by atoms with Gasteiger partial charge in [-0.3, -0.25) is 37.3 Å². The zero-order valence-corrected chi connectivity index (χ0v) is 67.8. The molecule has 2 unspecified atom stereocenters. The fourth-order valence-corrected chi connectivity index (χ4v) is 14.3. The molecule has 0 rings (SSSR count). The maximum absolute atomic E-state index is 13.1. The summed E-state index contributed by atoms with van der Waals surface area (Å²) in [6.07, 6.45) is 66.6. The van der Waals surface area contributed by atoms with E-state index in [0.29, 0.717) is 25.7 Å². The molecule has 17 nitrogen and oxygen atoms in total. The summed E-state index contributed by atoms with van der Waals surface area (Å²) in [7, 11) is -9.92. The Hall–Kier alpha value is -1.94. The summed E-state index contributed by atoms with van der Waals surface area (Å²) in [6, 6.07) is 0. The van der Waals surface area contributed by atoms with Crippen molar-refractivity contribution < 1.29 is 80.2 Å². The van der Waals surface area contributed by atoms with E-state index in [-0.39, 0.29) is 25.7 Å². The number of carbonyl (C=O) groups is 4. The third-order valence-electron chi connectivity index (χ3n) is 19.3. The van der Waals surface area contributed by atoms with Gasteiger partial charge in [0.2, 0.25) is 0 Å². The van der Waals surface area contributed by atoms with Crippen molar-refractivity contribution in [3.8, 4) is 0 Å². The molecule has 5 atom stereocenters. The number of aliphatic hydroxyl groups is 1. The average Bonchev–Trinajstić information content (AvgIpc) is 0.949. The number of aliphatic hydroxyl groups excluding tert-OH is 1. The highest BCUT2D eigenvalue weighted by Gasteiger charge is 2.30. The summed E-state index contributed by atoms with van der Waals surface area (Å²) >= 11 is 0. The number of unbranched alkanes of at least 4 members (excludes halogenated alkanes) is 54. The molecule has 0 spiro atoms. The van der Waals surface area contributed by atoms with Gasteiger partial charge in [-0.05, 0) is 31.6 Å². The second kappa shape index (κ2) is 74.9. The van der Waals surface area contributed by atoms with Crippen LogP contribution in [0.3, 0.4) is 0 Å². The Balaban J connectivity index is 5.21. The van der Waals surface area contributed by atoms with Gasteiger partial charge in [0.1, 0.15) is 19.3 Å². The van der Waals surface area contributed by atoms with Crippen LogP contribution < -0.4 is 0 Å². The summed E-state index contributed by atoms with van der Waals surface area (Å²) in [4.78, 5) is 73.0. The molecule has 0 aromatic rings. The zero-order valence-electron chi connectivity index (χ0n) is 66.1. The van der Waals surface area contributed by atoms with Gasteiger partial charge >= 0.3 is 39.5 Å². The van der Waals surface area contributed by atoms with Gasteiger partial charge in [-0.2, -0.15) is 0 Å². The third kappa shape index (κ3) is 76.1.